The lowest BCUT2D eigenvalue weighted by atomic mass is 9.91. The van der Waals surface area contributed by atoms with Gasteiger partial charge in [0.25, 0.3) is 0 Å². The van der Waals surface area contributed by atoms with E-state index in [1.54, 1.807) is 0 Å². The molecule has 1 fully saturated rings. The van der Waals surface area contributed by atoms with Crippen LogP contribution in [0.3, 0.4) is 0 Å². The fraction of sp³-hybridized carbons (Fsp3) is 0.274. The van der Waals surface area contributed by atoms with Crippen molar-refractivity contribution in [3.63, 3.8) is 0 Å². The third kappa shape index (κ3) is 9.62. The Morgan fingerprint density at radius 3 is 1.49 bits per heavy atom. The van der Waals surface area contributed by atoms with E-state index in [-0.39, 0.29) is 40.2 Å². The predicted octanol–water partition coefficient (Wildman–Crippen LogP) is 11.4. The Morgan fingerprint density at radius 2 is 1.03 bits per heavy atom. The quantitative estimate of drug-likeness (QED) is 0.108. The molecule has 1 aliphatic rings. The Balaban J connectivity index is 1.17. The van der Waals surface area contributed by atoms with Crippen LogP contribution in [0.15, 0.2) is 197 Å². The highest BCUT2D eigenvalue weighted by Gasteiger charge is 2.53. The first-order valence-electron chi connectivity index (χ1n) is 25.0. The van der Waals surface area contributed by atoms with Crippen LogP contribution in [-0.4, -0.2) is 46.3 Å². The van der Waals surface area contributed by atoms with Gasteiger partial charge in [-0.2, -0.15) is 0 Å². The van der Waals surface area contributed by atoms with E-state index in [0.717, 1.165) is 26.3 Å². The topological polar surface area (TPSA) is 96.6 Å². The summed E-state index contributed by atoms with van der Waals surface area (Å²) in [5.74, 6) is 1.16. The van der Waals surface area contributed by atoms with E-state index in [2.05, 4.69) is 139 Å². The summed E-state index contributed by atoms with van der Waals surface area (Å²) in [5, 5.41) is 16.3. The van der Waals surface area contributed by atoms with E-state index in [1.165, 1.54) is 0 Å². The molecule has 72 heavy (non-hydrogen) atoms. The second kappa shape index (κ2) is 20.5. The van der Waals surface area contributed by atoms with Gasteiger partial charge in [-0.15, -0.1) is 0 Å². The molecule has 0 radical (unpaired) electrons. The number of aliphatic hydroxyl groups excluding tert-OH is 1. The number of benzene rings is 7. The minimum atomic E-state index is -3.09. The molecule has 9 rings (SSSR count). The zero-order valence-corrected chi connectivity index (χ0v) is 44.8. The minimum Gasteiger partial charge on any atom is -0.534 e. The normalized spacial score (nSPS) is 18.7. The largest absolute Gasteiger partial charge is 0.534 e. The molecular weight excluding hydrogens is 929 g/mol. The van der Waals surface area contributed by atoms with Gasteiger partial charge in [0, 0.05) is 17.5 Å². The first-order chi connectivity index (χ1) is 34.5. The number of fused-ring (bicyclic) bond motifs is 1. The second-order valence-electron chi connectivity index (χ2n) is 21.2. The maximum absolute atomic E-state index is 15.3. The molecule has 0 spiro atoms. The first kappa shape index (κ1) is 50.4. The fourth-order valence-corrected chi connectivity index (χ4v) is 19.4. The summed E-state index contributed by atoms with van der Waals surface area (Å²) >= 11 is 0. The van der Waals surface area contributed by atoms with E-state index >= 15 is 4.79 Å². The molecule has 1 aromatic heterocycles. The third-order valence-corrected chi connectivity index (χ3v) is 24.3. The van der Waals surface area contributed by atoms with Crippen molar-refractivity contribution in [1.82, 2.24) is 0 Å². The maximum Gasteiger partial charge on any atom is 0.319 e. The molecule has 2 heterocycles. The maximum atomic E-state index is 15.3. The van der Waals surface area contributed by atoms with Crippen LogP contribution < -0.4 is 39.8 Å². The average molecular weight is 995 g/mol. The standard InChI is InChI=1S/C62H66O8Si2/c1-42-39-48(70-72(62(7,8)9,51-31-21-13-22-32-51)52-33-23-14-24-34-52)40-53-54(42)55(63)59(68-60-56(64)57(43(2)44(3)66-60)65-41-45-25-15-10-16-26-45)58(67-53)46-35-37-47(38-36-46)69-71(61(4,5)6,49-27-17-11-18-28-49)50-29-19-12-20-30-50/h10-40,43-44,56-57,60,64H,41H2,1-9H3. The Kier molecular flexibility index (Phi) is 14.4. The van der Waals surface area contributed by atoms with Crippen molar-refractivity contribution in [1.29, 1.82) is 0 Å². The van der Waals surface area contributed by atoms with Gasteiger partial charge in [-0.05, 0) is 86.1 Å². The lowest BCUT2D eigenvalue weighted by molar-refractivity contribution is -0.262. The summed E-state index contributed by atoms with van der Waals surface area (Å²) in [6.07, 6.45) is -3.54. The highest BCUT2D eigenvalue weighted by Crippen LogP contribution is 2.42. The Bertz CT molecular complexity index is 3060. The first-order valence-corrected chi connectivity index (χ1v) is 28.8. The average Bonchev–Trinajstić information content (AvgIpc) is 3.38. The Hall–Kier alpha value is -6.54. The van der Waals surface area contributed by atoms with Gasteiger partial charge < -0.3 is 32.6 Å². The molecule has 8 nitrogen and oxygen atoms in total. The van der Waals surface area contributed by atoms with E-state index < -0.39 is 40.6 Å². The monoisotopic (exact) mass is 994 g/mol. The van der Waals surface area contributed by atoms with Crippen molar-refractivity contribution in [3.8, 4) is 28.6 Å². The van der Waals surface area contributed by atoms with Crippen LogP contribution in [0.2, 0.25) is 10.1 Å². The van der Waals surface area contributed by atoms with Crippen molar-refractivity contribution in [3.05, 3.63) is 209 Å². The van der Waals surface area contributed by atoms with Crippen LogP contribution in [0.1, 0.15) is 66.5 Å². The zero-order chi connectivity index (χ0) is 50.8. The van der Waals surface area contributed by atoms with Gasteiger partial charge in [0.05, 0.1) is 24.2 Å². The summed E-state index contributed by atoms with van der Waals surface area (Å²) in [4.78, 5) is 15.3. The van der Waals surface area contributed by atoms with Crippen molar-refractivity contribution in [2.75, 3.05) is 0 Å². The van der Waals surface area contributed by atoms with E-state index in [4.69, 9.17) is 27.5 Å². The van der Waals surface area contributed by atoms with E-state index in [0.29, 0.717) is 33.6 Å². The molecule has 1 N–H and O–H groups in total. The van der Waals surface area contributed by atoms with Crippen LogP contribution in [0, 0.1) is 12.8 Å². The van der Waals surface area contributed by atoms with Gasteiger partial charge in [-0.3, -0.25) is 4.79 Å². The molecule has 0 saturated carbocycles. The molecule has 7 aromatic carbocycles. The summed E-state index contributed by atoms with van der Waals surface area (Å²) < 4.78 is 41.4. The number of aliphatic hydroxyl groups is 1. The predicted molar refractivity (Wildman–Crippen MR) is 294 cm³/mol. The van der Waals surface area contributed by atoms with Crippen molar-refractivity contribution >= 4 is 48.4 Å². The molecule has 10 heteroatoms. The van der Waals surface area contributed by atoms with Crippen LogP contribution in [0.5, 0.6) is 17.2 Å². The van der Waals surface area contributed by atoms with Crippen molar-refractivity contribution in [2.24, 2.45) is 5.92 Å². The number of aryl methyl sites for hydroxylation is 1. The fourth-order valence-electron chi connectivity index (χ4n) is 10.5. The van der Waals surface area contributed by atoms with Gasteiger partial charge >= 0.3 is 16.6 Å². The molecule has 0 bridgehead atoms. The number of ether oxygens (including phenoxy) is 3. The van der Waals surface area contributed by atoms with Gasteiger partial charge in [-0.1, -0.05) is 200 Å². The lowest BCUT2D eigenvalue weighted by Crippen LogP contribution is -2.68. The minimum absolute atomic E-state index is 0.0838. The Labute approximate surface area is 426 Å². The summed E-state index contributed by atoms with van der Waals surface area (Å²) in [6.45, 7) is 19.5. The van der Waals surface area contributed by atoms with Gasteiger partial charge in [-0.25, -0.2) is 0 Å². The van der Waals surface area contributed by atoms with Gasteiger partial charge in [0.1, 0.15) is 23.2 Å². The Morgan fingerprint density at radius 1 is 0.583 bits per heavy atom. The van der Waals surface area contributed by atoms with Gasteiger partial charge in [0.15, 0.2) is 5.76 Å². The molecule has 1 aliphatic heterocycles. The van der Waals surface area contributed by atoms with Crippen LogP contribution >= 0.6 is 0 Å². The third-order valence-electron chi connectivity index (χ3n) is 14.4. The molecule has 1 saturated heterocycles. The number of hydrogen-bond acceptors (Lipinski definition) is 8. The number of rotatable bonds is 14. The molecule has 5 unspecified atom stereocenters. The summed E-state index contributed by atoms with van der Waals surface area (Å²) in [7, 11) is -6.08. The van der Waals surface area contributed by atoms with E-state index in [1.807, 2.05) is 112 Å². The summed E-state index contributed by atoms with van der Waals surface area (Å²) in [6, 6.07) is 63.2. The van der Waals surface area contributed by atoms with Crippen molar-refractivity contribution in [2.45, 2.75) is 104 Å². The molecule has 5 atom stereocenters. The molecule has 0 amide bonds. The second-order valence-corrected chi connectivity index (χ2v) is 29.6. The highest BCUT2D eigenvalue weighted by molar-refractivity contribution is 7.00. The molecule has 370 valence electrons. The van der Waals surface area contributed by atoms with Gasteiger partial charge in [0.2, 0.25) is 17.5 Å². The summed E-state index contributed by atoms with van der Waals surface area (Å²) in [5.41, 5.74) is 2.12. The molecule has 0 aliphatic carbocycles. The van der Waals surface area contributed by atoms with Crippen LogP contribution in [0.25, 0.3) is 22.3 Å². The van der Waals surface area contributed by atoms with Crippen LogP contribution in [0.4, 0.5) is 0 Å². The highest BCUT2D eigenvalue weighted by atomic mass is 28.4. The van der Waals surface area contributed by atoms with E-state index in [9.17, 15) is 5.11 Å². The van der Waals surface area contributed by atoms with Crippen LogP contribution in [-0.2, 0) is 16.1 Å². The van der Waals surface area contributed by atoms with Crippen molar-refractivity contribution < 1.29 is 32.6 Å². The molecular formula is C62H66O8Si2. The lowest BCUT2D eigenvalue weighted by Gasteiger charge is -2.43. The molecule has 8 aromatic rings. The number of hydrogen-bond donors (Lipinski definition) is 1. The smallest absolute Gasteiger partial charge is 0.319 e. The zero-order valence-electron chi connectivity index (χ0n) is 42.8. The SMILES string of the molecule is Cc1cc(O[Si](c2ccccc2)(c2ccccc2)C(C)(C)C)cc2oc(-c3ccc(O[Si](c4ccccc4)(c4ccccc4)C(C)(C)C)cc3)c(OC3OC(C)C(C)C(OCc4ccccc4)C3O)c(=O)c12.